The molecule has 0 unspecified atom stereocenters. The molecule has 0 fully saturated rings. The van der Waals surface area contributed by atoms with Gasteiger partial charge in [0.1, 0.15) is 12.1 Å². The lowest BCUT2D eigenvalue weighted by atomic mass is 10.1. The van der Waals surface area contributed by atoms with E-state index in [0.717, 1.165) is 16.6 Å². The van der Waals surface area contributed by atoms with E-state index in [1.807, 2.05) is 45.0 Å². The number of likely N-dealkylation sites (N-methyl/N-ethyl adjacent to an activating group) is 1. The summed E-state index contributed by atoms with van der Waals surface area (Å²) in [6.07, 6.45) is 0. The number of nitrogens with one attached hydrogen (secondary N) is 1. The van der Waals surface area contributed by atoms with Gasteiger partial charge in [-0.25, -0.2) is 0 Å². The molecule has 0 aliphatic rings. The molecular formula is C13H18BrNO2. The first-order chi connectivity index (χ1) is 7.97. The fourth-order valence-electron chi connectivity index (χ4n) is 1.45. The van der Waals surface area contributed by atoms with Crippen molar-refractivity contribution in [1.82, 2.24) is 5.32 Å². The Kier molecular flexibility index (Phi) is 5.15. The van der Waals surface area contributed by atoms with Crippen LogP contribution in [0.5, 0.6) is 0 Å². The van der Waals surface area contributed by atoms with E-state index < -0.39 is 5.54 Å². The molecule has 0 saturated carbocycles. The van der Waals surface area contributed by atoms with Crippen LogP contribution in [0, 0.1) is 0 Å². The van der Waals surface area contributed by atoms with Gasteiger partial charge in [-0.1, -0.05) is 41.1 Å². The summed E-state index contributed by atoms with van der Waals surface area (Å²) >= 11 is 3.42. The second-order valence-corrected chi connectivity index (χ2v) is 5.18. The maximum absolute atomic E-state index is 11.8. The molecule has 94 valence electrons. The maximum atomic E-state index is 11.8. The fourth-order valence-corrected chi connectivity index (χ4v) is 1.85. The lowest BCUT2D eigenvalue weighted by Crippen LogP contribution is -2.47. The van der Waals surface area contributed by atoms with Crippen LogP contribution in [0.4, 0.5) is 0 Å². The molecule has 0 aliphatic carbocycles. The van der Waals surface area contributed by atoms with E-state index >= 15 is 0 Å². The van der Waals surface area contributed by atoms with Gasteiger partial charge in [0.25, 0.3) is 0 Å². The summed E-state index contributed by atoms with van der Waals surface area (Å²) in [5, 5.41) is 3.09. The van der Waals surface area contributed by atoms with Gasteiger partial charge in [-0.15, -0.1) is 0 Å². The number of carbonyl (C=O) groups is 1. The molecule has 1 N–H and O–H groups in total. The maximum Gasteiger partial charge on any atom is 0.326 e. The van der Waals surface area contributed by atoms with Crippen LogP contribution in [0.2, 0.25) is 0 Å². The molecule has 1 aromatic rings. The third-order valence-electron chi connectivity index (χ3n) is 2.45. The van der Waals surface area contributed by atoms with Crippen LogP contribution in [-0.2, 0) is 16.1 Å². The molecule has 0 spiro atoms. The van der Waals surface area contributed by atoms with Gasteiger partial charge < -0.3 is 10.1 Å². The number of benzene rings is 1. The summed E-state index contributed by atoms with van der Waals surface area (Å²) in [6.45, 7) is 6.62. The zero-order valence-electron chi connectivity index (χ0n) is 10.4. The van der Waals surface area contributed by atoms with Crippen LogP contribution >= 0.6 is 15.9 Å². The van der Waals surface area contributed by atoms with Gasteiger partial charge in [0.2, 0.25) is 0 Å². The normalized spacial score (nSPS) is 11.3. The van der Waals surface area contributed by atoms with Crippen LogP contribution in [-0.4, -0.2) is 18.1 Å². The first-order valence-electron chi connectivity index (χ1n) is 5.63. The Morgan fingerprint density at radius 1 is 1.41 bits per heavy atom. The van der Waals surface area contributed by atoms with E-state index in [2.05, 4.69) is 21.2 Å². The monoisotopic (exact) mass is 299 g/mol. The molecule has 1 rings (SSSR count). The van der Waals surface area contributed by atoms with E-state index in [4.69, 9.17) is 4.74 Å². The largest absolute Gasteiger partial charge is 0.459 e. The molecule has 0 heterocycles. The summed E-state index contributed by atoms with van der Waals surface area (Å²) in [5.74, 6) is -0.241. The van der Waals surface area contributed by atoms with Gasteiger partial charge in [0.15, 0.2) is 0 Å². The van der Waals surface area contributed by atoms with Crippen LogP contribution < -0.4 is 5.32 Å². The van der Waals surface area contributed by atoms with E-state index in [9.17, 15) is 4.79 Å². The van der Waals surface area contributed by atoms with Crippen LogP contribution in [0.3, 0.4) is 0 Å². The van der Waals surface area contributed by atoms with Gasteiger partial charge in [0.05, 0.1) is 0 Å². The number of esters is 1. The molecule has 0 aromatic heterocycles. The Morgan fingerprint density at radius 3 is 2.65 bits per heavy atom. The minimum Gasteiger partial charge on any atom is -0.459 e. The quantitative estimate of drug-likeness (QED) is 0.850. The molecule has 0 radical (unpaired) electrons. The molecular weight excluding hydrogens is 282 g/mol. The van der Waals surface area contributed by atoms with Crippen LogP contribution in [0.1, 0.15) is 26.3 Å². The lowest BCUT2D eigenvalue weighted by molar-refractivity contribution is -0.151. The highest BCUT2D eigenvalue weighted by molar-refractivity contribution is 9.10. The molecule has 3 nitrogen and oxygen atoms in total. The van der Waals surface area contributed by atoms with Crippen molar-refractivity contribution >= 4 is 21.9 Å². The topological polar surface area (TPSA) is 38.3 Å². The molecule has 17 heavy (non-hydrogen) atoms. The SMILES string of the molecule is CCNC(C)(C)C(=O)OCc1ccccc1Br. The van der Waals surface area contributed by atoms with Crippen molar-refractivity contribution in [3.05, 3.63) is 34.3 Å². The highest BCUT2D eigenvalue weighted by atomic mass is 79.9. The molecule has 0 saturated heterocycles. The molecule has 0 bridgehead atoms. The highest BCUT2D eigenvalue weighted by Crippen LogP contribution is 2.17. The number of hydrogen-bond acceptors (Lipinski definition) is 3. The van der Waals surface area contributed by atoms with Crippen molar-refractivity contribution in [3.63, 3.8) is 0 Å². The standard InChI is InChI=1S/C13H18BrNO2/c1-4-15-13(2,3)12(16)17-9-10-7-5-6-8-11(10)14/h5-8,15H,4,9H2,1-3H3. The Hall–Kier alpha value is -0.870. The summed E-state index contributed by atoms with van der Waals surface area (Å²) < 4.78 is 6.25. The first kappa shape index (κ1) is 14.2. The molecule has 1 aromatic carbocycles. The van der Waals surface area contributed by atoms with Gasteiger partial charge >= 0.3 is 5.97 Å². The average molecular weight is 300 g/mol. The predicted octanol–water partition coefficient (Wildman–Crippen LogP) is 2.88. The van der Waals surface area contributed by atoms with E-state index in [1.165, 1.54) is 0 Å². The summed E-state index contributed by atoms with van der Waals surface area (Å²) in [6, 6.07) is 7.71. The van der Waals surface area contributed by atoms with Crippen molar-refractivity contribution in [2.24, 2.45) is 0 Å². The smallest absolute Gasteiger partial charge is 0.326 e. The minimum absolute atomic E-state index is 0.241. The van der Waals surface area contributed by atoms with Crippen molar-refractivity contribution < 1.29 is 9.53 Å². The Balaban J connectivity index is 2.57. The molecule has 4 heteroatoms. The number of rotatable bonds is 5. The van der Waals surface area contributed by atoms with E-state index in [-0.39, 0.29) is 12.6 Å². The average Bonchev–Trinajstić information content (AvgIpc) is 2.27. The third kappa shape index (κ3) is 4.13. The number of halogens is 1. The van der Waals surface area contributed by atoms with Gasteiger partial charge in [0, 0.05) is 10.0 Å². The summed E-state index contributed by atoms with van der Waals surface area (Å²) in [7, 11) is 0. The Morgan fingerprint density at radius 2 is 2.06 bits per heavy atom. The van der Waals surface area contributed by atoms with Crippen molar-refractivity contribution in [1.29, 1.82) is 0 Å². The molecule has 0 amide bonds. The first-order valence-corrected chi connectivity index (χ1v) is 6.42. The van der Waals surface area contributed by atoms with Crippen LogP contribution in [0.25, 0.3) is 0 Å². The van der Waals surface area contributed by atoms with Crippen molar-refractivity contribution in [3.8, 4) is 0 Å². The molecule has 0 atom stereocenters. The van der Waals surface area contributed by atoms with Crippen molar-refractivity contribution in [2.75, 3.05) is 6.54 Å². The third-order valence-corrected chi connectivity index (χ3v) is 3.22. The lowest BCUT2D eigenvalue weighted by Gasteiger charge is -2.23. The fraction of sp³-hybridized carbons (Fsp3) is 0.462. The van der Waals surface area contributed by atoms with Gasteiger partial charge in [-0.2, -0.15) is 0 Å². The van der Waals surface area contributed by atoms with Gasteiger partial charge in [-0.05, 0) is 26.5 Å². The Bertz CT molecular complexity index is 391. The predicted molar refractivity (Wildman–Crippen MR) is 71.7 cm³/mol. The Labute approximate surface area is 111 Å². The highest BCUT2D eigenvalue weighted by Gasteiger charge is 2.27. The summed E-state index contributed by atoms with van der Waals surface area (Å²) in [4.78, 5) is 11.8. The van der Waals surface area contributed by atoms with Gasteiger partial charge in [-0.3, -0.25) is 4.79 Å². The zero-order chi connectivity index (χ0) is 12.9. The van der Waals surface area contributed by atoms with E-state index in [1.54, 1.807) is 0 Å². The second kappa shape index (κ2) is 6.17. The zero-order valence-corrected chi connectivity index (χ0v) is 12.0. The summed E-state index contributed by atoms with van der Waals surface area (Å²) in [5.41, 5.74) is 0.323. The van der Waals surface area contributed by atoms with Crippen LogP contribution in [0.15, 0.2) is 28.7 Å². The van der Waals surface area contributed by atoms with Crippen molar-refractivity contribution in [2.45, 2.75) is 32.9 Å². The van der Waals surface area contributed by atoms with E-state index in [0.29, 0.717) is 0 Å². The minimum atomic E-state index is -0.643. The molecule has 0 aliphatic heterocycles. The number of ether oxygens (including phenoxy) is 1. The number of hydrogen-bond donors (Lipinski definition) is 1. The number of carbonyl (C=O) groups excluding carboxylic acids is 1. The second-order valence-electron chi connectivity index (χ2n) is 4.32.